The molecule has 0 radical (unpaired) electrons. The normalized spacial score (nSPS) is 13.6. The SMILES string of the molecule is Cc1c(N(C)C(C)CC(C)C)cc(N)cc1S(N)(=O)=O. The fourth-order valence-corrected chi connectivity index (χ4v) is 3.26. The van der Waals surface area contributed by atoms with Crippen LogP contribution in [0.5, 0.6) is 0 Å². The molecule has 0 aliphatic heterocycles. The number of benzene rings is 1. The van der Waals surface area contributed by atoms with Crippen molar-refractivity contribution in [3.63, 3.8) is 0 Å². The lowest BCUT2D eigenvalue weighted by Gasteiger charge is -2.30. The molecule has 0 saturated carbocycles. The predicted octanol–water partition coefficient (Wildman–Crippen LogP) is 2.10. The van der Waals surface area contributed by atoms with Gasteiger partial charge in [0.05, 0.1) is 4.90 Å². The van der Waals surface area contributed by atoms with E-state index in [-0.39, 0.29) is 10.9 Å². The number of anilines is 2. The summed E-state index contributed by atoms with van der Waals surface area (Å²) in [6, 6.07) is 3.49. The van der Waals surface area contributed by atoms with Crippen LogP contribution >= 0.6 is 0 Å². The van der Waals surface area contributed by atoms with Gasteiger partial charge in [-0.05, 0) is 43.9 Å². The van der Waals surface area contributed by atoms with E-state index < -0.39 is 10.0 Å². The van der Waals surface area contributed by atoms with Gasteiger partial charge in [-0.25, -0.2) is 13.6 Å². The minimum atomic E-state index is -3.77. The Morgan fingerprint density at radius 3 is 2.25 bits per heavy atom. The molecular formula is C14H25N3O2S. The Labute approximate surface area is 122 Å². The topological polar surface area (TPSA) is 89.4 Å². The standard InChI is InChI=1S/C14H25N3O2S/c1-9(2)6-10(3)17(5)13-7-12(15)8-14(11(13)4)20(16,18)19/h7-10H,6,15H2,1-5H3,(H2,16,18,19). The van der Waals surface area contributed by atoms with Gasteiger partial charge in [0.1, 0.15) is 0 Å². The second kappa shape index (κ2) is 6.01. The van der Waals surface area contributed by atoms with Crippen LogP contribution in [0.4, 0.5) is 11.4 Å². The van der Waals surface area contributed by atoms with Crippen molar-refractivity contribution in [1.29, 1.82) is 0 Å². The van der Waals surface area contributed by atoms with Crippen LogP contribution in [0.25, 0.3) is 0 Å². The Hall–Kier alpha value is -1.27. The highest BCUT2D eigenvalue weighted by molar-refractivity contribution is 7.89. The Morgan fingerprint density at radius 2 is 1.80 bits per heavy atom. The van der Waals surface area contributed by atoms with Crippen LogP contribution in [0.2, 0.25) is 0 Å². The van der Waals surface area contributed by atoms with E-state index in [1.807, 2.05) is 7.05 Å². The molecule has 114 valence electrons. The fourth-order valence-electron chi connectivity index (χ4n) is 2.43. The van der Waals surface area contributed by atoms with Gasteiger partial charge in [0, 0.05) is 24.5 Å². The van der Waals surface area contributed by atoms with Crippen molar-refractivity contribution in [1.82, 2.24) is 0 Å². The Bertz CT molecular complexity index is 582. The first-order valence-electron chi connectivity index (χ1n) is 6.69. The van der Waals surface area contributed by atoms with E-state index in [2.05, 4.69) is 25.7 Å². The van der Waals surface area contributed by atoms with E-state index in [1.165, 1.54) is 6.07 Å². The van der Waals surface area contributed by atoms with Gasteiger partial charge in [-0.15, -0.1) is 0 Å². The first-order chi connectivity index (χ1) is 9.04. The zero-order valence-corrected chi connectivity index (χ0v) is 13.7. The van der Waals surface area contributed by atoms with Gasteiger partial charge in [-0.2, -0.15) is 0 Å². The highest BCUT2D eigenvalue weighted by Gasteiger charge is 2.20. The molecule has 0 aliphatic rings. The first-order valence-corrected chi connectivity index (χ1v) is 8.24. The van der Waals surface area contributed by atoms with Crippen LogP contribution in [0.15, 0.2) is 17.0 Å². The number of nitrogens with zero attached hydrogens (tertiary/aromatic N) is 1. The molecule has 0 bridgehead atoms. The molecule has 0 aliphatic carbocycles. The quantitative estimate of drug-likeness (QED) is 0.815. The van der Waals surface area contributed by atoms with E-state index in [4.69, 9.17) is 10.9 Å². The summed E-state index contributed by atoms with van der Waals surface area (Å²) in [4.78, 5) is 2.15. The van der Waals surface area contributed by atoms with Crippen LogP contribution in [-0.4, -0.2) is 21.5 Å². The third kappa shape index (κ3) is 3.86. The summed E-state index contributed by atoms with van der Waals surface area (Å²) in [5.41, 5.74) is 7.66. The molecule has 0 heterocycles. The van der Waals surface area contributed by atoms with Crippen molar-refractivity contribution in [2.24, 2.45) is 11.1 Å². The van der Waals surface area contributed by atoms with Crippen molar-refractivity contribution < 1.29 is 8.42 Å². The molecular weight excluding hydrogens is 274 g/mol. The van der Waals surface area contributed by atoms with Crippen molar-refractivity contribution >= 4 is 21.4 Å². The van der Waals surface area contributed by atoms with E-state index in [0.717, 1.165) is 12.1 Å². The van der Waals surface area contributed by atoms with Crippen LogP contribution < -0.4 is 15.8 Å². The third-order valence-corrected chi connectivity index (χ3v) is 4.55. The van der Waals surface area contributed by atoms with Crippen LogP contribution in [0, 0.1) is 12.8 Å². The predicted molar refractivity (Wildman–Crippen MR) is 84.3 cm³/mol. The summed E-state index contributed by atoms with van der Waals surface area (Å²) in [5, 5.41) is 5.25. The lowest BCUT2D eigenvalue weighted by molar-refractivity contribution is 0.503. The van der Waals surface area contributed by atoms with Gasteiger partial charge in [0.2, 0.25) is 10.0 Å². The molecule has 1 atom stereocenters. The molecule has 0 amide bonds. The lowest BCUT2D eigenvalue weighted by Crippen LogP contribution is -2.31. The van der Waals surface area contributed by atoms with Crippen molar-refractivity contribution in [2.75, 3.05) is 17.7 Å². The lowest BCUT2D eigenvalue weighted by atomic mass is 10.0. The summed E-state index contributed by atoms with van der Waals surface area (Å²) in [6.45, 7) is 8.19. The molecule has 0 spiro atoms. The highest BCUT2D eigenvalue weighted by Crippen LogP contribution is 2.30. The third-order valence-electron chi connectivity index (χ3n) is 3.52. The Morgan fingerprint density at radius 1 is 1.25 bits per heavy atom. The molecule has 4 N–H and O–H groups in total. The molecule has 20 heavy (non-hydrogen) atoms. The maximum atomic E-state index is 11.6. The van der Waals surface area contributed by atoms with Crippen molar-refractivity contribution in [3.05, 3.63) is 17.7 Å². The van der Waals surface area contributed by atoms with Crippen molar-refractivity contribution in [2.45, 2.75) is 45.1 Å². The first kappa shape index (κ1) is 16.8. The van der Waals surface area contributed by atoms with Crippen LogP contribution in [0.3, 0.4) is 0 Å². The molecule has 1 aromatic rings. The zero-order valence-electron chi connectivity index (χ0n) is 12.8. The minimum Gasteiger partial charge on any atom is -0.399 e. The van der Waals surface area contributed by atoms with Crippen molar-refractivity contribution in [3.8, 4) is 0 Å². The number of sulfonamides is 1. The average molecular weight is 299 g/mol. The molecule has 0 fully saturated rings. The second-order valence-electron chi connectivity index (χ2n) is 5.80. The van der Waals surface area contributed by atoms with Crippen LogP contribution in [0.1, 0.15) is 32.8 Å². The molecule has 0 aromatic heterocycles. The number of rotatable bonds is 5. The highest BCUT2D eigenvalue weighted by atomic mass is 32.2. The number of hydrogen-bond donors (Lipinski definition) is 2. The smallest absolute Gasteiger partial charge is 0.238 e. The monoisotopic (exact) mass is 299 g/mol. The maximum absolute atomic E-state index is 11.6. The second-order valence-corrected chi connectivity index (χ2v) is 7.33. The van der Waals surface area contributed by atoms with Gasteiger partial charge >= 0.3 is 0 Å². The molecule has 6 heteroatoms. The summed E-state index contributed by atoms with van der Waals surface area (Å²) in [7, 11) is -1.82. The molecule has 1 aromatic carbocycles. The number of hydrogen-bond acceptors (Lipinski definition) is 4. The number of nitrogens with two attached hydrogens (primary N) is 2. The molecule has 1 rings (SSSR count). The Kier molecular flexibility index (Phi) is 5.05. The van der Waals surface area contributed by atoms with E-state index in [9.17, 15) is 8.42 Å². The fraction of sp³-hybridized carbons (Fsp3) is 0.571. The molecule has 5 nitrogen and oxygen atoms in total. The van der Waals surface area contributed by atoms with E-state index in [0.29, 0.717) is 17.2 Å². The summed E-state index contributed by atoms with van der Waals surface area (Å²) in [5.74, 6) is 0.562. The summed E-state index contributed by atoms with van der Waals surface area (Å²) < 4.78 is 23.3. The summed E-state index contributed by atoms with van der Waals surface area (Å²) in [6.07, 6.45) is 1.01. The van der Waals surface area contributed by atoms with E-state index >= 15 is 0 Å². The minimum absolute atomic E-state index is 0.0936. The Balaban J connectivity index is 3.29. The average Bonchev–Trinajstić information content (AvgIpc) is 2.28. The molecule has 0 saturated heterocycles. The van der Waals surface area contributed by atoms with Gasteiger partial charge < -0.3 is 10.6 Å². The maximum Gasteiger partial charge on any atom is 0.238 e. The summed E-state index contributed by atoms with van der Waals surface area (Å²) >= 11 is 0. The van der Waals surface area contributed by atoms with Gasteiger partial charge in [-0.1, -0.05) is 13.8 Å². The number of primary sulfonamides is 1. The van der Waals surface area contributed by atoms with Crippen LogP contribution in [-0.2, 0) is 10.0 Å². The van der Waals surface area contributed by atoms with Gasteiger partial charge in [0.25, 0.3) is 0 Å². The van der Waals surface area contributed by atoms with E-state index in [1.54, 1.807) is 13.0 Å². The molecule has 1 unspecified atom stereocenters. The van der Waals surface area contributed by atoms with Gasteiger partial charge in [0.15, 0.2) is 0 Å². The zero-order chi connectivity index (χ0) is 15.7. The largest absolute Gasteiger partial charge is 0.399 e. The van der Waals surface area contributed by atoms with Gasteiger partial charge in [-0.3, -0.25) is 0 Å². The number of nitrogen functional groups attached to an aromatic ring is 1.